The maximum absolute atomic E-state index is 6.15. The molecule has 0 spiro atoms. The number of pyridine rings is 1. The lowest BCUT2D eigenvalue weighted by Crippen LogP contribution is -2.16. The van der Waals surface area contributed by atoms with E-state index in [-0.39, 0.29) is 0 Å². The van der Waals surface area contributed by atoms with E-state index in [2.05, 4.69) is 17.2 Å². The van der Waals surface area contributed by atoms with Crippen LogP contribution in [-0.4, -0.2) is 25.2 Å². The molecule has 0 aliphatic rings. The molecule has 0 aliphatic heterocycles. The van der Waals surface area contributed by atoms with Crippen LogP contribution in [0.1, 0.15) is 6.92 Å². The van der Waals surface area contributed by atoms with E-state index in [0.717, 1.165) is 35.4 Å². The van der Waals surface area contributed by atoms with Gasteiger partial charge in [0.1, 0.15) is 0 Å². The Labute approximate surface area is 107 Å². The minimum Gasteiger partial charge on any atom is -0.397 e. The van der Waals surface area contributed by atoms with Crippen LogP contribution in [0.3, 0.4) is 0 Å². The number of hydrogen-bond acceptors (Lipinski definition) is 4. The lowest BCUT2D eigenvalue weighted by Gasteiger charge is -2.15. The Morgan fingerprint density at radius 3 is 3.00 bits per heavy atom. The predicted molar refractivity (Wildman–Crippen MR) is 75.7 cm³/mol. The average molecular weight is 245 g/mol. The predicted octanol–water partition coefficient (Wildman–Crippen LogP) is 2.51. The van der Waals surface area contributed by atoms with Crippen LogP contribution in [0.2, 0.25) is 0 Å². The number of aromatic nitrogens is 1. The molecule has 0 aliphatic carbocycles. The van der Waals surface area contributed by atoms with Crippen LogP contribution < -0.4 is 11.1 Å². The summed E-state index contributed by atoms with van der Waals surface area (Å²) in [4.78, 5) is 4.28. The minimum atomic E-state index is 0.444. The maximum atomic E-state index is 6.15. The number of nitrogens with two attached hydrogens (primary N) is 1. The highest BCUT2D eigenvalue weighted by Gasteiger charge is 2.06. The van der Waals surface area contributed by atoms with Crippen molar-refractivity contribution in [2.75, 3.05) is 31.3 Å². The van der Waals surface area contributed by atoms with Crippen molar-refractivity contribution in [1.82, 2.24) is 4.98 Å². The Kier molecular flexibility index (Phi) is 3.99. The Bertz CT molecular complexity index is 527. The first kappa shape index (κ1) is 12.6. The summed E-state index contributed by atoms with van der Waals surface area (Å²) in [6, 6.07) is 7.84. The summed E-state index contributed by atoms with van der Waals surface area (Å²) in [5.74, 6) is 0.444. The number of nitrogens with zero attached hydrogens (tertiary/aromatic N) is 1. The van der Waals surface area contributed by atoms with Crippen molar-refractivity contribution in [2.24, 2.45) is 5.92 Å². The van der Waals surface area contributed by atoms with Crippen molar-refractivity contribution in [3.8, 4) is 0 Å². The number of methoxy groups -OCH3 is 1. The highest BCUT2D eigenvalue weighted by molar-refractivity contribution is 5.96. The fraction of sp³-hybridized carbons (Fsp3) is 0.357. The third-order valence-corrected chi connectivity index (χ3v) is 2.92. The first-order valence-electron chi connectivity index (χ1n) is 6.08. The van der Waals surface area contributed by atoms with Crippen LogP contribution in [0.25, 0.3) is 10.9 Å². The van der Waals surface area contributed by atoms with Gasteiger partial charge in [-0.3, -0.25) is 4.98 Å². The van der Waals surface area contributed by atoms with Gasteiger partial charge in [0.2, 0.25) is 0 Å². The van der Waals surface area contributed by atoms with E-state index in [1.807, 2.05) is 24.3 Å². The molecule has 18 heavy (non-hydrogen) atoms. The molecule has 0 radical (unpaired) electrons. The Hall–Kier alpha value is -1.81. The molecular formula is C14H19N3O. The number of hydrogen-bond donors (Lipinski definition) is 2. The van der Waals surface area contributed by atoms with Gasteiger partial charge in [0, 0.05) is 25.2 Å². The summed E-state index contributed by atoms with van der Waals surface area (Å²) in [6.45, 7) is 3.71. The number of ether oxygens (including phenoxy) is 1. The largest absolute Gasteiger partial charge is 0.397 e. The summed E-state index contributed by atoms with van der Waals surface area (Å²) in [5, 5.41) is 4.34. The molecule has 4 nitrogen and oxygen atoms in total. The van der Waals surface area contributed by atoms with Crippen LogP contribution in [0, 0.1) is 5.92 Å². The van der Waals surface area contributed by atoms with Gasteiger partial charge >= 0.3 is 0 Å². The van der Waals surface area contributed by atoms with E-state index in [1.54, 1.807) is 13.3 Å². The first-order valence-corrected chi connectivity index (χ1v) is 6.08. The summed E-state index contributed by atoms with van der Waals surface area (Å²) < 4.78 is 5.11. The van der Waals surface area contributed by atoms with Gasteiger partial charge in [0.15, 0.2) is 0 Å². The normalized spacial score (nSPS) is 12.6. The third kappa shape index (κ3) is 2.71. The van der Waals surface area contributed by atoms with Gasteiger partial charge in [0.05, 0.1) is 23.5 Å². The lowest BCUT2D eigenvalue weighted by atomic mass is 10.1. The van der Waals surface area contributed by atoms with Crippen LogP contribution in [-0.2, 0) is 4.74 Å². The summed E-state index contributed by atoms with van der Waals surface area (Å²) in [7, 11) is 1.71. The molecule has 0 saturated carbocycles. The van der Waals surface area contributed by atoms with Gasteiger partial charge < -0.3 is 15.8 Å². The van der Waals surface area contributed by atoms with Gasteiger partial charge in [-0.25, -0.2) is 0 Å². The van der Waals surface area contributed by atoms with E-state index in [1.165, 1.54) is 0 Å². The summed E-state index contributed by atoms with van der Waals surface area (Å²) in [6.07, 6.45) is 1.77. The zero-order valence-corrected chi connectivity index (χ0v) is 10.8. The molecule has 96 valence electrons. The maximum Gasteiger partial charge on any atom is 0.0724 e. The van der Waals surface area contributed by atoms with Gasteiger partial charge in [0.25, 0.3) is 0 Å². The molecule has 0 bridgehead atoms. The quantitative estimate of drug-likeness (QED) is 0.795. The molecule has 4 heteroatoms. The average Bonchev–Trinajstić information content (AvgIpc) is 2.39. The molecule has 2 rings (SSSR count). The molecule has 1 unspecified atom stereocenters. The summed E-state index contributed by atoms with van der Waals surface area (Å²) in [5.41, 5.74) is 8.78. The summed E-state index contributed by atoms with van der Waals surface area (Å²) >= 11 is 0. The monoisotopic (exact) mass is 245 g/mol. The molecule has 1 heterocycles. The van der Waals surface area contributed by atoms with E-state index in [4.69, 9.17) is 10.5 Å². The zero-order chi connectivity index (χ0) is 13.0. The zero-order valence-electron chi connectivity index (χ0n) is 10.8. The van der Waals surface area contributed by atoms with Gasteiger partial charge in [-0.1, -0.05) is 6.92 Å². The second-order valence-corrected chi connectivity index (χ2v) is 4.54. The second kappa shape index (κ2) is 5.69. The van der Waals surface area contributed by atoms with E-state index in [0.29, 0.717) is 5.92 Å². The first-order chi connectivity index (χ1) is 8.72. The molecule has 1 aromatic heterocycles. The Balaban J connectivity index is 2.16. The van der Waals surface area contributed by atoms with Gasteiger partial charge in [-0.15, -0.1) is 0 Å². The molecule has 3 N–H and O–H groups in total. The molecule has 0 amide bonds. The molecule has 2 aromatic rings. The Morgan fingerprint density at radius 2 is 2.22 bits per heavy atom. The van der Waals surface area contributed by atoms with Crippen molar-refractivity contribution in [3.05, 3.63) is 30.5 Å². The lowest BCUT2D eigenvalue weighted by molar-refractivity contribution is 0.164. The van der Waals surface area contributed by atoms with Crippen molar-refractivity contribution >= 4 is 22.3 Å². The van der Waals surface area contributed by atoms with Crippen LogP contribution in [0.5, 0.6) is 0 Å². The van der Waals surface area contributed by atoms with Crippen LogP contribution in [0.15, 0.2) is 30.5 Å². The molecule has 1 aromatic carbocycles. The highest BCUT2D eigenvalue weighted by Crippen LogP contribution is 2.27. The van der Waals surface area contributed by atoms with Crippen LogP contribution in [0.4, 0.5) is 11.4 Å². The van der Waals surface area contributed by atoms with E-state index < -0.39 is 0 Å². The SMILES string of the molecule is COCC(C)CNc1ccc2ncccc2c1N. The fourth-order valence-corrected chi connectivity index (χ4v) is 1.96. The number of nitrogens with one attached hydrogen (secondary N) is 1. The topological polar surface area (TPSA) is 60.2 Å². The third-order valence-electron chi connectivity index (χ3n) is 2.92. The fourth-order valence-electron chi connectivity index (χ4n) is 1.96. The van der Waals surface area contributed by atoms with Crippen molar-refractivity contribution in [1.29, 1.82) is 0 Å². The standard InChI is InChI=1S/C14H19N3O/c1-10(9-18-2)8-17-13-6-5-12-11(14(13)15)4-3-7-16-12/h3-7,10,17H,8-9,15H2,1-2H3. The number of fused-ring (bicyclic) bond motifs is 1. The smallest absolute Gasteiger partial charge is 0.0724 e. The second-order valence-electron chi connectivity index (χ2n) is 4.54. The number of rotatable bonds is 5. The Morgan fingerprint density at radius 1 is 1.39 bits per heavy atom. The van der Waals surface area contributed by atoms with Crippen molar-refractivity contribution < 1.29 is 4.74 Å². The van der Waals surface area contributed by atoms with Crippen LogP contribution >= 0.6 is 0 Å². The number of benzene rings is 1. The highest BCUT2D eigenvalue weighted by atomic mass is 16.5. The minimum absolute atomic E-state index is 0.444. The number of nitrogen functional groups attached to an aromatic ring is 1. The van der Waals surface area contributed by atoms with Crippen molar-refractivity contribution in [3.63, 3.8) is 0 Å². The van der Waals surface area contributed by atoms with Gasteiger partial charge in [-0.05, 0) is 30.2 Å². The molecular weight excluding hydrogens is 226 g/mol. The van der Waals surface area contributed by atoms with E-state index >= 15 is 0 Å². The van der Waals surface area contributed by atoms with Gasteiger partial charge in [-0.2, -0.15) is 0 Å². The molecule has 0 saturated heterocycles. The molecule has 1 atom stereocenters. The number of anilines is 2. The molecule has 0 fully saturated rings. The van der Waals surface area contributed by atoms with E-state index in [9.17, 15) is 0 Å². The van der Waals surface area contributed by atoms with Crippen molar-refractivity contribution in [2.45, 2.75) is 6.92 Å².